The Balaban J connectivity index is 2.47. The maximum atomic E-state index is 11.4. The van der Waals surface area contributed by atoms with Crippen molar-refractivity contribution in [3.05, 3.63) is 12.2 Å². The second kappa shape index (κ2) is 5.29. The fourth-order valence-corrected chi connectivity index (χ4v) is 1.30. The zero-order valence-corrected chi connectivity index (χ0v) is 8.56. The molecule has 1 aliphatic heterocycles. The van der Waals surface area contributed by atoms with Crippen LogP contribution >= 0.6 is 0 Å². The minimum atomic E-state index is -0.572. The number of ether oxygens (including phenoxy) is 1. The van der Waals surface area contributed by atoms with Crippen molar-refractivity contribution in [3.8, 4) is 0 Å². The van der Waals surface area contributed by atoms with Crippen LogP contribution in [0, 0.1) is 0 Å². The molecule has 0 radical (unpaired) electrons. The third kappa shape index (κ3) is 3.19. The van der Waals surface area contributed by atoms with Crippen LogP contribution in [0.1, 0.15) is 19.8 Å². The molecule has 2 amide bonds. The molecule has 5 heteroatoms. The van der Waals surface area contributed by atoms with E-state index in [1.54, 1.807) is 6.92 Å². The Morgan fingerprint density at radius 3 is 2.73 bits per heavy atom. The lowest BCUT2D eigenvalue weighted by Crippen LogP contribution is -2.30. The number of imide groups is 1. The van der Waals surface area contributed by atoms with Crippen molar-refractivity contribution in [2.45, 2.75) is 19.8 Å². The topological polar surface area (TPSA) is 63.7 Å². The number of rotatable bonds is 3. The Bertz CT molecular complexity index is 309. The Labute approximate surface area is 87.7 Å². The average Bonchev–Trinajstić information content (AvgIpc) is 2.61. The molecule has 0 saturated carbocycles. The third-order valence-electron chi connectivity index (χ3n) is 1.99. The van der Waals surface area contributed by atoms with Gasteiger partial charge in [-0.05, 0) is 13.3 Å². The molecule has 0 spiro atoms. The summed E-state index contributed by atoms with van der Waals surface area (Å²) in [6.45, 7) is 2.38. The molecule has 5 nitrogen and oxygen atoms in total. The lowest BCUT2D eigenvalue weighted by atomic mass is 10.4. The molecule has 0 aromatic rings. The summed E-state index contributed by atoms with van der Waals surface area (Å²) in [5.41, 5.74) is 0. The molecule has 1 heterocycles. The van der Waals surface area contributed by atoms with E-state index in [0.717, 1.165) is 17.1 Å². The van der Waals surface area contributed by atoms with Gasteiger partial charge in [-0.25, -0.2) is 4.79 Å². The van der Waals surface area contributed by atoms with Gasteiger partial charge in [0, 0.05) is 25.1 Å². The Morgan fingerprint density at radius 1 is 1.47 bits per heavy atom. The number of likely N-dealkylation sites (tertiary alicyclic amines) is 1. The Kier molecular flexibility index (Phi) is 4.03. The first-order chi connectivity index (χ1) is 7.15. The van der Waals surface area contributed by atoms with Crippen LogP contribution in [0.4, 0.5) is 0 Å². The van der Waals surface area contributed by atoms with Crippen molar-refractivity contribution in [2.24, 2.45) is 0 Å². The molecule has 0 unspecified atom stereocenters. The standard InChI is InChI=1S/C10H13NO4/c1-2-15-10(14)6-5-9(13)11-7-3-4-8(11)12/h5-6H,2-4,7H2,1H3/b6-5+. The van der Waals surface area contributed by atoms with Crippen molar-refractivity contribution in [1.29, 1.82) is 0 Å². The van der Waals surface area contributed by atoms with Gasteiger partial charge in [0.25, 0.3) is 5.91 Å². The van der Waals surface area contributed by atoms with Gasteiger partial charge in [-0.3, -0.25) is 14.5 Å². The summed E-state index contributed by atoms with van der Waals surface area (Å²) in [6.07, 6.45) is 3.20. The fourth-order valence-electron chi connectivity index (χ4n) is 1.30. The van der Waals surface area contributed by atoms with E-state index in [-0.39, 0.29) is 12.5 Å². The van der Waals surface area contributed by atoms with E-state index in [1.165, 1.54) is 0 Å². The van der Waals surface area contributed by atoms with Crippen LogP contribution in [0.5, 0.6) is 0 Å². The largest absolute Gasteiger partial charge is 0.463 e. The predicted molar refractivity (Wildman–Crippen MR) is 51.7 cm³/mol. The maximum absolute atomic E-state index is 11.4. The first-order valence-electron chi connectivity index (χ1n) is 4.84. The van der Waals surface area contributed by atoms with Gasteiger partial charge in [-0.15, -0.1) is 0 Å². The van der Waals surface area contributed by atoms with Crippen molar-refractivity contribution >= 4 is 17.8 Å². The van der Waals surface area contributed by atoms with E-state index < -0.39 is 11.9 Å². The van der Waals surface area contributed by atoms with Crippen LogP contribution in [-0.4, -0.2) is 35.8 Å². The smallest absolute Gasteiger partial charge is 0.330 e. The summed E-state index contributed by atoms with van der Waals surface area (Å²) >= 11 is 0. The first kappa shape index (κ1) is 11.4. The molecule has 1 rings (SSSR count). The van der Waals surface area contributed by atoms with Gasteiger partial charge in [0.15, 0.2) is 0 Å². The molecular formula is C10H13NO4. The lowest BCUT2D eigenvalue weighted by Gasteiger charge is -2.09. The summed E-state index contributed by atoms with van der Waals surface area (Å²) < 4.78 is 4.60. The van der Waals surface area contributed by atoms with Crippen LogP contribution in [0.25, 0.3) is 0 Å². The molecule has 0 N–H and O–H groups in total. The zero-order valence-electron chi connectivity index (χ0n) is 8.56. The van der Waals surface area contributed by atoms with Gasteiger partial charge in [0.2, 0.25) is 5.91 Å². The highest BCUT2D eigenvalue weighted by Crippen LogP contribution is 2.09. The molecule has 0 aromatic carbocycles. The van der Waals surface area contributed by atoms with Crippen LogP contribution in [0.15, 0.2) is 12.2 Å². The van der Waals surface area contributed by atoms with Crippen LogP contribution in [-0.2, 0) is 19.1 Å². The molecule has 0 aliphatic carbocycles. The lowest BCUT2D eigenvalue weighted by molar-refractivity contribution is -0.140. The highest BCUT2D eigenvalue weighted by molar-refractivity contribution is 6.04. The highest BCUT2D eigenvalue weighted by Gasteiger charge is 2.24. The van der Waals surface area contributed by atoms with Crippen LogP contribution < -0.4 is 0 Å². The van der Waals surface area contributed by atoms with Gasteiger partial charge in [-0.2, -0.15) is 0 Å². The molecule has 1 aliphatic rings. The first-order valence-corrected chi connectivity index (χ1v) is 4.84. The van der Waals surface area contributed by atoms with Crippen LogP contribution in [0.3, 0.4) is 0 Å². The summed E-state index contributed by atoms with van der Waals surface area (Å²) in [5, 5.41) is 0. The summed E-state index contributed by atoms with van der Waals surface area (Å²) in [7, 11) is 0. The van der Waals surface area contributed by atoms with E-state index in [4.69, 9.17) is 0 Å². The molecule has 1 saturated heterocycles. The summed E-state index contributed by atoms with van der Waals surface area (Å²) in [5.74, 6) is -1.21. The monoisotopic (exact) mass is 211 g/mol. The molecule has 82 valence electrons. The van der Waals surface area contributed by atoms with Gasteiger partial charge in [0.1, 0.15) is 0 Å². The number of carbonyl (C=O) groups is 3. The SMILES string of the molecule is CCOC(=O)/C=C/C(=O)N1CCCC1=O. The number of hydrogen-bond donors (Lipinski definition) is 0. The molecule has 1 fully saturated rings. The van der Waals surface area contributed by atoms with Crippen molar-refractivity contribution in [3.63, 3.8) is 0 Å². The third-order valence-corrected chi connectivity index (χ3v) is 1.99. The second-order valence-electron chi connectivity index (χ2n) is 3.07. The van der Waals surface area contributed by atoms with Gasteiger partial charge in [-0.1, -0.05) is 0 Å². The minimum Gasteiger partial charge on any atom is -0.463 e. The average molecular weight is 211 g/mol. The fraction of sp³-hybridized carbons (Fsp3) is 0.500. The normalized spacial score (nSPS) is 16.1. The van der Waals surface area contributed by atoms with E-state index in [1.807, 2.05) is 0 Å². The maximum Gasteiger partial charge on any atom is 0.330 e. The van der Waals surface area contributed by atoms with Crippen LogP contribution in [0.2, 0.25) is 0 Å². The molecule has 0 aromatic heterocycles. The number of hydrogen-bond acceptors (Lipinski definition) is 4. The summed E-state index contributed by atoms with van der Waals surface area (Å²) in [6, 6.07) is 0. The van der Waals surface area contributed by atoms with E-state index in [2.05, 4.69) is 4.74 Å². The molecule has 15 heavy (non-hydrogen) atoms. The number of esters is 1. The number of amides is 2. The minimum absolute atomic E-state index is 0.187. The van der Waals surface area contributed by atoms with Crippen molar-refractivity contribution < 1.29 is 19.1 Å². The quantitative estimate of drug-likeness (QED) is 0.496. The molecule has 0 bridgehead atoms. The van der Waals surface area contributed by atoms with E-state index >= 15 is 0 Å². The Hall–Kier alpha value is -1.65. The van der Waals surface area contributed by atoms with Gasteiger partial charge >= 0.3 is 5.97 Å². The second-order valence-corrected chi connectivity index (χ2v) is 3.07. The zero-order chi connectivity index (χ0) is 11.3. The van der Waals surface area contributed by atoms with E-state index in [9.17, 15) is 14.4 Å². The van der Waals surface area contributed by atoms with Gasteiger partial charge < -0.3 is 4.74 Å². The van der Waals surface area contributed by atoms with Crippen molar-refractivity contribution in [2.75, 3.05) is 13.2 Å². The van der Waals surface area contributed by atoms with E-state index in [0.29, 0.717) is 19.4 Å². The molecular weight excluding hydrogens is 198 g/mol. The number of carbonyl (C=O) groups excluding carboxylic acids is 3. The molecule has 0 atom stereocenters. The number of nitrogens with zero attached hydrogens (tertiary/aromatic N) is 1. The Morgan fingerprint density at radius 2 is 2.20 bits per heavy atom. The van der Waals surface area contributed by atoms with Crippen molar-refractivity contribution in [1.82, 2.24) is 4.90 Å². The van der Waals surface area contributed by atoms with Gasteiger partial charge in [0.05, 0.1) is 6.61 Å². The predicted octanol–water partition coefficient (Wildman–Crippen LogP) is 0.255. The summed E-state index contributed by atoms with van der Waals surface area (Å²) in [4.78, 5) is 34.5. The highest BCUT2D eigenvalue weighted by atomic mass is 16.5.